The molecule has 1 saturated heterocycles. The lowest BCUT2D eigenvalue weighted by molar-refractivity contribution is -0.0280. The fraction of sp³-hybridized carbons (Fsp3) is 0.600. The molecule has 17 heavy (non-hydrogen) atoms. The fourth-order valence-corrected chi connectivity index (χ4v) is 1.89. The Morgan fingerprint density at radius 2 is 2.29 bits per heavy atom. The van der Waals surface area contributed by atoms with E-state index in [0.717, 1.165) is 16.8 Å². The van der Waals surface area contributed by atoms with Gasteiger partial charge >= 0.3 is 5.69 Å². The summed E-state index contributed by atoms with van der Waals surface area (Å²) in [6.07, 6.45) is -3.19. The van der Waals surface area contributed by atoms with Gasteiger partial charge < -0.3 is 9.84 Å². The van der Waals surface area contributed by atoms with Crippen LogP contribution in [0.2, 0.25) is 0 Å². The predicted molar refractivity (Wildman–Crippen MR) is 56.4 cm³/mol. The van der Waals surface area contributed by atoms with E-state index in [1.165, 1.54) is 0 Å². The average Bonchev–Trinajstić information content (AvgIpc) is 2.57. The van der Waals surface area contributed by atoms with Gasteiger partial charge in [0.05, 0.1) is 6.10 Å². The van der Waals surface area contributed by atoms with Gasteiger partial charge in [0.15, 0.2) is 12.4 Å². The van der Waals surface area contributed by atoms with Gasteiger partial charge in [-0.2, -0.15) is 0 Å². The summed E-state index contributed by atoms with van der Waals surface area (Å²) in [5.74, 6) is 0. The van der Waals surface area contributed by atoms with Crippen LogP contribution >= 0.6 is 0 Å². The number of hydrogen-bond donors (Lipinski definition) is 2. The molecule has 0 bridgehead atoms. The maximum absolute atomic E-state index is 13.8. The first-order valence-electron chi connectivity index (χ1n) is 5.33. The molecule has 0 amide bonds. The highest BCUT2D eigenvalue weighted by molar-refractivity contribution is 4.92. The van der Waals surface area contributed by atoms with Crippen LogP contribution in [0.5, 0.6) is 0 Å². The van der Waals surface area contributed by atoms with Gasteiger partial charge in [0, 0.05) is 12.3 Å². The number of aliphatic hydroxyl groups is 1. The van der Waals surface area contributed by atoms with E-state index in [0.29, 0.717) is 6.42 Å². The molecule has 4 atom stereocenters. The van der Waals surface area contributed by atoms with Crippen LogP contribution in [0.25, 0.3) is 0 Å². The van der Waals surface area contributed by atoms with E-state index in [1.807, 2.05) is 4.98 Å². The Balaban J connectivity index is 2.35. The second-order valence-electron chi connectivity index (χ2n) is 3.93. The van der Waals surface area contributed by atoms with Crippen molar-refractivity contribution in [2.75, 3.05) is 0 Å². The molecular weight excluding hydrogens is 231 g/mol. The lowest BCUT2D eigenvalue weighted by Gasteiger charge is -2.15. The number of rotatable bonds is 2. The number of nitrogens with zero attached hydrogens (tertiary/aromatic N) is 1. The van der Waals surface area contributed by atoms with E-state index < -0.39 is 35.9 Å². The van der Waals surface area contributed by atoms with Crippen molar-refractivity contribution in [3.8, 4) is 0 Å². The van der Waals surface area contributed by atoms with E-state index in [2.05, 4.69) is 0 Å². The number of aromatic nitrogens is 2. The maximum atomic E-state index is 13.8. The van der Waals surface area contributed by atoms with Gasteiger partial charge in [-0.15, -0.1) is 0 Å². The quantitative estimate of drug-likeness (QED) is 0.737. The average molecular weight is 244 g/mol. The number of nitrogens with one attached hydrogen (secondary N) is 1. The minimum Gasteiger partial charge on any atom is -0.387 e. The second kappa shape index (κ2) is 4.42. The van der Waals surface area contributed by atoms with Crippen LogP contribution in [0.1, 0.15) is 19.6 Å². The highest BCUT2D eigenvalue weighted by Crippen LogP contribution is 2.31. The van der Waals surface area contributed by atoms with Crippen molar-refractivity contribution in [2.45, 2.75) is 38.0 Å². The minimum absolute atomic E-state index is 0.441. The van der Waals surface area contributed by atoms with Crippen LogP contribution < -0.4 is 11.2 Å². The van der Waals surface area contributed by atoms with Crippen molar-refractivity contribution in [3.63, 3.8) is 0 Å². The first-order chi connectivity index (χ1) is 8.04. The molecule has 1 aliphatic rings. The summed E-state index contributed by atoms with van der Waals surface area (Å²) in [7, 11) is 0. The molecule has 2 rings (SSSR count). The van der Waals surface area contributed by atoms with Crippen LogP contribution in [0.4, 0.5) is 4.39 Å². The lowest BCUT2D eigenvalue weighted by atomic mass is 10.1. The van der Waals surface area contributed by atoms with Crippen molar-refractivity contribution >= 4 is 0 Å². The van der Waals surface area contributed by atoms with Crippen molar-refractivity contribution < 1.29 is 14.2 Å². The topological polar surface area (TPSA) is 84.3 Å². The highest BCUT2D eigenvalue weighted by atomic mass is 19.1. The Labute approximate surface area is 95.7 Å². The van der Waals surface area contributed by atoms with E-state index in [-0.39, 0.29) is 0 Å². The second-order valence-corrected chi connectivity index (χ2v) is 3.93. The van der Waals surface area contributed by atoms with Gasteiger partial charge in [-0.1, -0.05) is 6.92 Å². The SMILES string of the molecule is CC[C@@H]1O[C@H](n2ccc(=O)[nH]c2=O)[C@@H](F)[C@H]1O. The normalized spacial score (nSPS) is 32.9. The number of H-pyrrole nitrogens is 1. The Hall–Kier alpha value is -1.47. The third-order valence-electron chi connectivity index (χ3n) is 2.82. The molecule has 2 N–H and O–H groups in total. The van der Waals surface area contributed by atoms with Gasteiger partial charge in [0.25, 0.3) is 5.56 Å². The van der Waals surface area contributed by atoms with Crippen molar-refractivity contribution in [1.29, 1.82) is 0 Å². The smallest absolute Gasteiger partial charge is 0.330 e. The van der Waals surface area contributed by atoms with Gasteiger partial charge in [-0.25, -0.2) is 9.18 Å². The molecule has 94 valence electrons. The molecule has 0 spiro atoms. The molecule has 0 radical (unpaired) electrons. The molecule has 6 nitrogen and oxygen atoms in total. The number of ether oxygens (including phenoxy) is 1. The van der Waals surface area contributed by atoms with E-state index in [9.17, 15) is 19.1 Å². The summed E-state index contributed by atoms with van der Waals surface area (Å²) in [4.78, 5) is 24.3. The van der Waals surface area contributed by atoms with E-state index >= 15 is 0 Å². The molecule has 1 aliphatic heterocycles. The molecule has 2 heterocycles. The van der Waals surface area contributed by atoms with Crippen LogP contribution in [-0.4, -0.2) is 33.0 Å². The molecular formula is C10H13FN2O4. The van der Waals surface area contributed by atoms with Crippen molar-refractivity contribution in [3.05, 3.63) is 33.1 Å². The fourth-order valence-electron chi connectivity index (χ4n) is 1.89. The predicted octanol–water partition coefficient (Wildman–Crippen LogP) is -0.457. The Bertz CT molecular complexity index is 512. The molecule has 0 aliphatic carbocycles. The third-order valence-corrected chi connectivity index (χ3v) is 2.82. The third kappa shape index (κ3) is 2.03. The molecule has 7 heteroatoms. The molecule has 1 fully saturated rings. The van der Waals surface area contributed by atoms with Crippen LogP contribution in [0.3, 0.4) is 0 Å². The zero-order valence-corrected chi connectivity index (χ0v) is 9.17. The molecule has 0 aromatic carbocycles. The monoisotopic (exact) mass is 244 g/mol. The van der Waals surface area contributed by atoms with Crippen molar-refractivity contribution in [2.24, 2.45) is 0 Å². The Kier molecular flexibility index (Phi) is 3.12. The summed E-state index contributed by atoms with van der Waals surface area (Å²) >= 11 is 0. The Morgan fingerprint density at radius 1 is 1.59 bits per heavy atom. The first kappa shape index (κ1) is 12.0. The van der Waals surface area contributed by atoms with E-state index in [4.69, 9.17) is 4.74 Å². The number of alkyl halides is 1. The number of halogens is 1. The molecule has 1 aromatic rings. The van der Waals surface area contributed by atoms with Crippen molar-refractivity contribution in [1.82, 2.24) is 9.55 Å². The van der Waals surface area contributed by atoms with Gasteiger partial charge in [0.1, 0.15) is 6.10 Å². The molecule has 1 aromatic heterocycles. The largest absolute Gasteiger partial charge is 0.387 e. The summed E-state index contributed by atoms with van der Waals surface area (Å²) in [6, 6.07) is 1.10. The summed E-state index contributed by atoms with van der Waals surface area (Å²) in [5, 5.41) is 9.55. The number of hydrogen-bond acceptors (Lipinski definition) is 4. The standard InChI is InChI=1S/C10H13FN2O4/c1-2-5-8(15)7(11)9(17-5)13-4-3-6(14)12-10(13)16/h3-5,7-9,15H,2H2,1H3,(H,12,14,16)/t5-,7-,8-,9-/m0/s1. The molecule has 0 unspecified atom stereocenters. The lowest BCUT2D eigenvalue weighted by Crippen LogP contribution is -2.35. The zero-order chi connectivity index (χ0) is 12.6. The number of aromatic amines is 1. The summed E-state index contributed by atoms with van der Waals surface area (Å²) in [6.45, 7) is 1.75. The number of aliphatic hydroxyl groups excluding tert-OH is 1. The summed E-state index contributed by atoms with van der Waals surface area (Å²) in [5.41, 5.74) is -1.32. The van der Waals surface area contributed by atoms with Crippen LogP contribution in [0.15, 0.2) is 21.9 Å². The Morgan fingerprint density at radius 3 is 2.82 bits per heavy atom. The summed E-state index contributed by atoms with van der Waals surface area (Å²) < 4.78 is 20.0. The van der Waals surface area contributed by atoms with Crippen LogP contribution in [0, 0.1) is 0 Å². The van der Waals surface area contributed by atoms with Crippen LogP contribution in [-0.2, 0) is 4.74 Å². The molecule has 0 saturated carbocycles. The highest BCUT2D eigenvalue weighted by Gasteiger charge is 2.44. The van der Waals surface area contributed by atoms with Gasteiger partial charge in [-0.3, -0.25) is 14.3 Å². The van der Waals surface area contributed by atoms with E-state index in [1.54, 1.807) is 6.92 Å². The zero-order valence-electron chi connectivity index (χ0n) is 9.17. The minimum atomic E-state index is -1.69. The maximum Gasteiger partial charge on any atom is 0.330 e. The first-order valence-corrected chi connectivity index (χ1v) is 5.33. The van der Waals surface area contributed by atoms with Gasteiger partial charge in [0.2, 0.25) is 0 Å². The van der Waals surface area contributed by atoms with Gasteiger partial charge in [-0.05, 0) is 6.42 Å².